The molecule has 0 bridgehead atoms. The monoisotopic (exact) mass is 569 g/mol. The summed E-state index contributed by atoms with van der Waals surface area (Å²) in [6.07, 6.45) is 6.09. The first-order chi connectivity index (χ1) is 20.2. The molecule has 2 aliphatic rings. The number of benzene rings is 1. The fraction of sp³-hybridized carbons (Fsp3) is 0.387. The van der Waals surface area contributed by atoms with Gasteiger partial charge in [0.25, 0.3) is 5.91 Å². The van der Waals surface area contributed by atoms with Crippen molar-refractivity contribution < 1.29 is 19.4 Å². The van der Waals surface area contributed by atoms with Crippen molar-refractivity contribution in [1.29, 1.82) is 0 Å². The van der Waals surface area contributed by atoms with E-state index in [9.17, 15) is 14.7 Å². The van der Waals surface area contributed by atoms with Gasteiger partial charge in [-0.3, -0.25) is 18.9 Å². The number of aryl methyl sites for hydroxylation is 1. The Bertz CT molecular complexity index is 1610. The molecule has 4 aromatic rings. The second-order valence-corrected chi connectivity index (χ2v) is 11.5. The zero-order valence-electron chi connectivity index (χ0n) is 23.8. The van der Waals surface area contributed by atoms with Gasteiger partial charge < -0.3 is 20.9 Å². The summed E-state index contributed by atoms with van der Waals surface area (Å²) in [7, 11) is 0. The molecule has 4 N–H and O–H groups in total. The van der Waals surface area contributed by atoms with E-state index >= 15 is 0 Å². The third-order valence-electron chi connectivity index (χ3n) is 8.69. The van der Waals surface area contributed by atoms with Crippen LogP contribution in [0.1, 0.15) is 60.6 Å². The van der Waals surface area contributed by atoms with E-state index in [1.54, 1.807) is 36.7 Å². The Balaban J connectivity index is 1.27. The van der Waals surface area contributed by atoms with Gasteiger partial charge in [0, 0.05) is 48.3 Å². The fourth-order valence-electron chi connectivity index (χ4n) is 6.11. The lowest BCUT2D eigenvalue weighted by Crippen LogP contribution is -2.48. The molecule has 0 spiro atoms. The summed E-state index contributed by atoms with van der Waals surface area (Å²) in [5, 5.41) is 12.5. The highest BCUT2D eigenvalue weighted by Crippen LogP contribution is 2.39. The van der Waals surface area contributed by atoms with Gasteiger partial charge in [0.2, 0.25) is 0 Å². The van der Waals surface area contributed by atoms with Crippen molar-refractivity contribution in [3.05, 3.63) is 71.9 Å². The van der Waals surface area contributed by atoms with Gasteiger partial charge in [0.1, 0.15) is 34.8 Å². The molecule has 1 saturated heterocycles. The molecule has 11 nitrogen and oxygen atoms in total. The van der Waals surface area contributed by atoms with Crippen LogP contribution in [0.2, 0.25) is 0 Å². The lowest BCUT2D eigenvalue weighted by molar-refractivity contribution is -0.151. The average Bonchev–Trinajstić information content (AvgIpc) is 3.42. The molecule has 2 fully saturated rings. The molecular weight excluding hydrogens is 534 g/mol. The predicted octanol–water partition coefficient (Wildman–Crippen LogP) is 4.34. The number of nitrogen functional groups attached to an aromatic ring is 1. The third kappa shape index (κ3) is 5.21. The van der Waals surface area contributed by atoms with Gasteiger partial charge in [0.15, 0.2) is 0 Å². The summed E-state index contributed by atoms with van der Waals surface area (Å²) in [6, 6.07) is 12.9. The number of amides is 1. The molecule has 218 valence electrons. The third-order valence-corrected chi connectivity index (χ3v) is 8.69. The number of nitrogens with zero attached hydrogens (tertiary/aromatic N) is 5. The number of hydrogen-bond donors (Lipinski definition) is 3. The number of carboxylic acids is 1. The Labute approximate surface area is 243 Å². The molecule has 6 rings (SSSR count). The van der Waals surface area contributed by atoms with Gasteiger partial charge in [0.05, 0.1) is 12.0 Å². The predicted molar refractivity (Wildman–Crippen MR) is 158 cm³/mol. The van der Waals surface area contributed by atoms with E-state index in [-0.39, 0.29) is 12.0 Å². The number of nitrogens with two attached hydrogens (primary N) is 1. The number of aliphatic carboxylic acids is 1. The van der Waals surface area contributed by atoms with E-state index in [2.05, 4.69) is 20.2 Å². The normalized spacial score (nSPS) is 23.1. The van der Waals surface area contributed by atoms with Crippen molar-refractivity contribution in [2.75, 3.05) is 30.7 Å². The molecule has 0 unspecified atom stereocenters. The maximum Gasteiger partial charge on any atom is 0.309 e. The molecule has 1 saturated carbocycles. The van der Waals surface area contributed by atoms with Crippen molar-refractivity contribution in [2.45, 2.75) is 51.7 Å². The van der Waals surface area contributed by atoms with Crippen molar-refractivity contribution >= 4 is 29.0 Å². The first-order valence-electron chi connectivity index (χ1n) is 14.3. The number of aromatic nitrogens is 4. The number of imidazole rings is 1. The molecule has 0 radical (unpaired) electrons. The Kier molecular flexibility index (Phi) is 7.38. The second kappa shape index (κ2) is 11.1. The van der Waals surface area contributed by atoms with Crippen molar-refractivity contribution in [3.63, 3.8) is 0 Å². The van der Waals surface area contributed by atoms with E-state index in [1.165, 1.54) is 0 Å². The number of rotatable bonds is 6. The van der Waals surface area contributed by atoms with Gasteiger partial charge in [-0.15, -0.1) is 0 Å². The van der Waals surface area contributed by atoms with Crippen LogP contribution in [0, 0.1) is 12.3 Å². The summed E-state index contributed by atoms with van der Waals surface area (Å²) >= 11 is 0. The largest absolute Gasteiger partial charge is 0.481 e. The molecule has 3 aromatic heterocycles. The minimum absolute atomic E-state index is 0.255. The Morgan fingerprint density at radius 3 is 2.57 bits per heavy atom. The smallest absolute Gasteiger partial charge is 0.309 e. The molecule has 42 heavy (non-hydrogen) atoms. The van der Waals surface area contributed by atoms with Gasteiger partial charge >= 0.3 is 5.97 Å². The van der Waals surface area contributed by atoms with E-state index in [0.29, 0.717) is 60.4 Å². The molecule has 1 aliphatic heterocycles. The van der Waals surface area contributed by atoms with E-state index in [1.807, 2.05) is 36.4 Å². The highest BCUT2D eigenvalue weighted by atomic mass is 16.5. The average molecular weight is 570 g/mol. The number of anilines is 2. The lowest BCUT2D eigenvalue weighted by Gasteiger charge is -2.42. The highest BCUT2D eigenvalue weighted by molar-refractivity contribution is 6.04. The van der Waals surface area contributed by atoms with E-state index in [4.69, 9.17) is 15.5 Å². The van der Waals surface area contributed by atoms with Crippen LogP contribution in [0.4, 0.5) is 11.6 Å². The SMILES string of the molecule is Cc1cnc(N)c2c(-c3ccc(C(=O)Nc4ccccn4)cc3)nc([C@H]3CN(C4CCC(C)(C(=O)O)CC4)CCO3)n12. The van der Waals surface area contributed by atoms with Gasteiger partial charge in [-0.2, -0.15) is 0 Å². The Hall–Kier alpha value is -4.35. The molecular formula is C31H35N7O4. The summed E-state index contributed by atoms with van der Waals surface area (Å²) in [4.78, 5) is 40.6. The van der Waals surface area contributed by atoms with Crippen LogP contribution in [-0.2, 0) is 9.53 Å². The Morgan fingerprint density at radius 2 is 1.88 bits per heavy atom. The fourth-order valence-corrected chi connectivity index (χ4v) is 6.11. The van der Waals surface area contributed by atoms with Crippen LogP contribution < -0.4 is 11.1 Å². The van der Waals surface area contributed by atoms with Gasteiger partial charge in [-0.25, -0.2) is 15.0 Å². The van der Waals surface area contributed by atoms with Crippen LogP contribution in [0.25, 0.3) is 16.8 Å². The number of hydrogen-bond acceptors (Lipinski definition) is 8. The molecule has 1 aromatic carbocycles. The maximum atomic E-state index is 12.8. The summed E-state index contributed by atoms with van der Waals surface area (Å²) in [5.74, 6) is 0.630. The van der Waals surface area contributed by atoms with Gasteiger partial charge in [-0.1, -0.05) is 18.2 Å². The molecule has 11 heteroatoms. The molecule has 4 heterocycles. The van der Waals surface area contributed by atoms with Crippen molar-refractivity contribution in [3.8, 4) is 11.3 Å². The van der Waals surface area contributed by atoms with Crippen LogP contribution in [-0.4, -0.2) is 67.0 Å². The molecule has 1 amide bonds. The Morgan fingerprint density at radius 1 is 1.12 bits per heavy atom. The van der Waals surface area contributed by atoms with Crippen molar-refractivity contribution in [2.24, 2.45) is 5.41 Å². The summed E-state index contributed by atoms with van der Waals surface area (Å²) in [5.41, 5.74) is 9.33. The first kappa shape index (κ1) is 27.8. The number of carbonyl (C=O) groups excluding carboxylic acids is 1. The molecule has 1 atom stereocenters. The lowest BCUT2D eigenvalue weighted by atomic mass is 9.73. The topological polar surface area (TPSA) is 148 Å². The number of fused-ring (bicyclic) bond motifs is 1. The number of carbonyl (C=O) groups is 2. The van der Waals surface area contributed by atoms with Crippen LogP contribution in [0.15, 0.2) is 54.9 Å². The first-order valence-corrected chi connectivity index (χ1v) is 14.3. The van der Waals surface area contributed by atoms with Gasteiger partial charge in [-0.05, 0) is 63.8 Å². The quantitative estimate of drug-likeness (QED) is 0.308. The standard InChI is InChI=1S/C31H35N7O4/c1-19-17-34-27(32)26-25(20-6-8-21(9-7-20)29(39)35-24-5-3-4-14-33-24)36-28(38(19)26)23-18-37(15-16-42-23)22-10-12-31(2,13-11-22)30(40)41/h3-9,14,17,22-23H,10-13,15-16,18H2,1-2H3,(H2,32,34)(H,40,41)(H,33,35,39)/t22?,23-,31?/m1/s1. The number of nitrogens with one attached hydrogen (secondary N) is 1. The van der Waals surface area contributed by atoms with Crippen molar-refractivity contribution in [1.82, 2.24) is 24.3 Å². The number of ether oxygens (including phenoxy) is 1. The van der Waals surface area contributed by atoms with Crippen LogP contribution in [0.3, 0.4) is 0 Å². The minimum Gasteiger partial charge on any atom is -0.481 e. The number of morpholine rings is 1. The maximum absolute atomic E-state index is 12.8. The summed E-state index contributed by atoms with van der Waals surface area (Å²) < 4.78 is 8.31. The highest BCUT2D eigenvalue weighted by Gasteiger charge is 2.40. The van der Waals surface area contributed by atoms with E-state index in [0.717, 1.165) is 36.5 Å². The minimum atomic E-state index is -0.708. The second-order valence-electron chi connectivity index (χ2n) is 11.5. The van der Waals surface area contributed by atoms with Crippen LogP contribution in [0.5, 0.6) is 0 Å². The van der Waals surface area contributed by atoms with Crippen LogP contribution >= 0.6 is 0 Å². The zero-order valence-corrected chi connectivity index (χ0v) is 23.8. The summed E-state index contributed by atoms with van der Waals surface area (Å²) in [6.45, 7) is 5.83. The number of carboxylic acid groups (broad SMARTS) is 1. The van der Waals surface area contributed by atoms with E-state index < -0.39 is 11.4 Å². The molecule has 1 aliphatic carbocycles. The number of pyridine rings is 1. The zero-order chi connectivity index (χ0) is 29.4.